The van der Waals surface area contributed by atoms with E-state index in [0.29, 0.717) is 5.75 Å². The van der Waals surface area contributed by atoms with Crippen molar-refractivity contribution in [3.05, 3.63) is 60.2 Å². The number of carbonyl (C=O) groups excluding carboxylic acids is 1. The first-order chi connectivity index (χ1) is 11.6. The van der Waals surface area contributed by atoms with Gasteiger partial charge in [0.05, 0.1) is 7.11 Å². The molecule has 0 saturated heterocycles. The summed E-state index contributed by atoms with van der Waals surface area (Å²) in [5.41, 5.74) is 1.28. The van der Waals surface area contributed by atoms with Gasteiger partial charge in [0.1, 0.15) is 11.5 Å². The van der Waals surface area contributed by atoms with Gasteiger partial charge in [0.2, 0.25) is 0 Å². The van der Waals surface area contributed by atoms with Gasteiger partial charge >= 0.3 is 0 Å². The minimum absolute atomic E-state index is 0.0969. The van der Waals surface area contributed by atoms with E-state index in [1.165, 1.54) is 5.56 Å². The Labute approximate surface area is 143 Å². The molecule has 0 saturated carbocycles. The second-order valence-corrected chi connectivity index (χ2v) is 5.87. The molecule has 128 valence electrons. The molecule has 2 aromatic carbocycles. The van der Waals surface area contributed by atoms with Crippen molar-refractivity contribution in [1.82, 2.24) is 5.32 Å². The minimum atomic E-state index is -0.544. The van der Waals surface area contributed by atoms with Crippen LogP contribution < -0.4 is 14.8 Å². The quantitative estimate of drug-likeness (QED) is 0.806. The second kappa shape index (κ2) is 8.96. The summed E-state index contributed by atoms with van der Waals surface area (Å²) in [5.74, 6) is 1.30. The van der Waals surface area contributed by atoms with Crippen molar-refractivity contribution in [3.63, 3.8) is 0 Å². The summed E-state index contributed by atoms with van der Waals surface area (Å²) in [6.07, 6.45) is 1.29. The van der Waals surface area contributed by atoms with Crippen molar-refractivity contribution in [2.45, 2.75) is 38.8 Å². The van der Waals surface area contributed by atoms with Crippen LogP contribution in [0.4, 0.5) is 0 Å². The minimum Gasteiger partial charge on any atom is -0.497 e. The molecule has 0 aliphatic carbocycles. The molecule has 0 aromatic heterocycles. The first-order valence-electron chi connectivity index (χ1n) is 8.23. The van der Waals surface area contributed by atoms with Crippen LogP contribution in [0.1, 0.15) is 25.8 Å². The molecule has 1 amide bonds. The van der Waals surface area contributed by atoms with Crippen LogP contribution in [0.15, 0.2) is 54.6 Å². The third kappa shape index (κ3) is 5.61. The van der Waals surface area contributed by atoms with E-state index in [-0.39, 0.29) is 11.9 Å². The predicted molar refractivity (Wildman–Crippen MR) is 95.5 cm³/mol. The van der Waals surface area contributed by atoms with Gasteiger partial charge in [0, 0.05) is 6.04 Å². The highest BCUT2D eigenvalue weighted by Gasteiger charge is 2.16. The molecule has 0 aliphatic heterocycles. The van der Waals surface area contributed by atoms with Crippen LogP contribution in [-0.2, 0) is 11.2 Å². The van der Waals surface area contributed by atoms with Crippen molar-refractivity contribution >= 4 is 5.91 Å². The lowest BCUT2D eigenvalue weighted by atomic mass is 10.1. The Kier molecular flexibility index (Phi) is 6.67. The molecule has 4 heteroatoms. The molecule has 2 atom stereocenters. The molecule has 0 heterocycles. The number of ether oxygens (including phenoxy) is 2. The molecular formula is C20H25NO3. The largest absolute Gasteiger partial charge is 0.497 e. The van der Waals surface area contributed by atoms with Crippen molar-refractivity contribution in [2.24, 2.45) is 0 Å². The molecular weight excluding hydrogens is 302 g/mol. The van der Waals surface area contributed by atoms with Gasteiger partial charge < -0.3 is 14.8 Å². The maximum atomic E-state index is 12.2. The van der Waals surface area contributed by atoms with E-state index in [2.05, 4.69) is 17.4 Å². The zero-order valence-corrected chi connectivity index (χ0v) is 14.5. The lowest BCUT2D eigenvalue weighted by molar-refractivity contribution is -0.127. The zero-order chi connectivity index (χ0) is 17.4. The molecule has 2 rings (SSSR count). The normalized spacial score (nSPS) is 13.0. The Bertz CT molecular complexity index is 625. The third-order valence-corrected chi connectivity index (χ3v) is 3.84. The van der Waals surface area contributed by atoms with Gasteiger partial charge in [-0.15, -0.1) is 0 Å². The molecule has 0 unspecified atom stereocenters. The van der Waals surface area contributed by atoms with Gasteiger partial charge in [-0.05, 0) is 56.5 Å². The van der Waals surface area contributed by atoms with E-state index in [0.717, 1.165) is 18.6 Å². The maximum absolute atomic E-state index is 12.2. The SMILES string of the molecule is COc1ccc(O[C@H](C)C(=O)N[C@@H](C)CCc2ccccc2)cc1. The van der Waals surface area contributed by atoms with Gasteiger partial charge in [-0.25, -0.2) is 0 Å². The highest BCUT2D eigenvalue weighted by atomic mass is 16.5. The van der Waals surface area contributed by atoms with E-state index in [1.54, 1.807) is 26.2 Å². The van der Waals surface area contributed by atoms with Crippen LogP contribution >= 0.6 is 0 Å². The van der Waals surface area contributed by atoms with Gasteiger partial charge in [0.25, 0.3) is 5.91 Å². The first-order valence-corrected chi connectivity index (χ1v) is 8.23. The van der Waals surface area contributed by atoms with Crippen molar-refractivity contribution in [2.75, 3.05) is 7.11 Å². The summed E-state index contributed by atoms with van der Waals surface area (Å²) in [5, 5.41) is 3.00. The average Bonchev–Trinajstić information content (AvgIpc) is 2.61. The topological polar surface area (TPSA) is 47.6 Å². The molecule has 4 nitrogen and oxygen atoms in total. The lowest BCUT2D eigenvalue weighted by Gasteiger charge is -2.19. The number of hydrogen-bond acceptors (Lipinski definition) is 3. The number of nitrogens with one attached hydrogen (secondary N) is 1. The van der Waals surface area contributed by atoms with Crippen molar-refractivity contribution < 1.29 is 14.3 Å². The number of rotatable bonds is 8. The Morgan fingerprint density at radius 2 is 1.62 bits per heavy atom. The van der Waals surface area contributed by atoms with Crippen LogP contribution in [0.25, 0.3) is 0 Å². The van der Waals surface area contributed by atoms with E-state index < -0.39 is 6.10 Å². The van der Waals surface area contributed by atoms with E-state index in [4.69, 9.17) is 9.47 Å². The number of hydrogen-bond donors (Lipinski definition) is 1. The highest BCUT2D eigenvalue weighted by Crippen LogP contribution is 2.18. The van der Waals surface area contributed by atoms with E-state index >= 15 is 0 Å². The average molecular weight is 327 g/mol. The van der Waals surface area contributed by atoms with Crippen LogP contribution in [-0.4, -0.2) is 25.2 Å². The Balaban J connectivity index is 1.77. The Morgan fingerprint density at radius 3 is 2.25 bits per heavy atom. The standard InChI is InChI=1S/C20H25NO3/c1-15(9-10-17-7-5-4-6-8-17)21-20(22)16(2)24-19-13-11-18(23-3)12-14-19/h4-8,11-16H,9-10H2,1-3H3,(H,21,22)/t15-,16+/m0/s1. The van der Waals surface area contributed by atoms with Gasteiger partial charge in [0.15, 0.2) is 6.10 Å². The fourth-order valence-corrected chi connectivity index (χ4v) is 2.37. The first kappa shape index (κ1) is 17.9. The molecule has 0 bridgehead atoms. The lowest BCUT2D eigenvalue weighted by Crippen LogP contribution is -2.41. The van der Waals surface area contributed by atoms with Gasteiger partial charge in [-0.3, -0.25) is 4.79 Å². The molecule has 0 spiro atoms. The summed E-state index contributed by atoms with van der Waals surface area (Å²) in [4.78, 5) is 12.2. The molecule has 0 aliphatic rings. The summed E-state index contributed by atoms with van der Waals surface area (Å²) in [6, 6.07) is 17.6. The number of aryl methyl sites for hydroxylation is 1. The van der Waals surface area contributed by atoms with E-state index in [1.807, 2.05) is 37.3 Å². The van der Waals surface area contributed by atoms with Crippen LogP contribution in [0.3, 0.4) is 0 Å². The summed E-state index contributed by atoms with van der Waals surface area (Å²) in [7, 11) is 1.61. The highest BCUT2D eigenvalue weighted by molar-refractivity contribution is 5.80. The summed E-state index contributed by atoms with van der Waals surface area (Å²) in [6.45, 7) is 3.77. The molecule has 0 fully saturated rings. The van der Waals surface area contributed by atoms with Crippen LogP contribution in [0, 0.1) is 0 Å². The predicted octanol–water partition coefficient (Wildman–Crippen LogP) is 3.60. The fraction of sp³-hybridized carbons (Fsp3) is 0.350. The Hall–Kier alpha value is -2.49. The smallest absolute Gasteiger partial charge is 0.260 e. The number of carbonyl (C=O) groups is 1. The zero-order valence-electron chi connectivity index (χ0n) is 14.5. The Morgan fingerprint density at radius 1 is 1.00 bits per heavy atom. The monoisotopic (exact) mass is 327 g/mol. The molecule has 24 heavy (non-hydrogen) atoms. The summed E-state index contributed by atoms with van der Waals surface area (Å²) >= 11 is 0. The second-order valence-electron chi connectivity index (χ2n) is 5.87. The van der Waals surface area contributed by atoms with E-state index in [9.17, 15) is 4.79 Å². The molecule has 0 radical (unpaired) electrons. The number of methoxy groups -OCH3 is 1. The fourth-order valence-electron chi connectivity index (χ4n) is 2.37. The third-order valence-electron chi connectivity index (χ3n) is 3.84. The van der Waals surface area contributed by atoms with Gasteiger partial charge in [-0.2, -0.15) is 0 Å². The van der Waals surface area contributed by atoms with Crippen molar-refractivity contribution in [3.8, 4) is 11.5 Å². The van der Waals surface area contributed by atoms with Crippen LogP contribution in [0.5, 0.6) is 11.5 Å². The summed E-state index contributed by atoms with van der Waals surface area (Å²) < 4.78 is 10.8. The number of benzene rings is 2. The maximum Gasteiger partial charge on any atom is 0.260 e. The van der Waals surface area contributed by atoms with Crippen molar-refractivity contribution in [1.29, 1.82) is 0 Å². The van der Waals surface area contributed by atoms with Crippen LogP contribution in [0.2, 0.25) is 0 Å². The molecule has 1 N–H and O–H groups in total. The number of amides is 1. The van der Waals surface area contributed by atoms with Gasteiger partial charge in [-0.1, -0.05) is 30.3 Å². The molecule has 2 aromatic rings.